The van der Waals surface area contributed by atoms with Crippen LogP contribution in [0, 0.1) is 24.7 Å². The van der Waals surface area contributed by atoms with Gasteiger partial charge in [-0.2, -0.15) is 0 Å². The van der Waals surface area contributed by atoms with Crippen molar-refractivity contribution in [2.45, 2.75) is 51.0 Å². The van der Waals surface area contributed by atoms with Gasteiger partial charge in [-0.3, -0.25) is 0 Å². The van der Waals surface area contributed by atoms with Crippen molar-refractivity contribution in [1.29, 1.82) is 0 Å². The number of pyridine rings is 1. The second kappa shape index (κ2) is 5.83. The Hall–Kier alpha value is -2.37. The van der Waals surface area contributed by atoms with Crippen LogP contribution in [0.5, 0.6) is 0 Å². The van der Waals surface area contributed by atoms with Crippen molar-refractivity contribution in [3.05, 3.63) is 30.2 Å². The van der Waals surface area contributed by atoms with Gasteiger partial charge in [0, 0.05) is 11.7 Å². The van der Waals surface area contributed by atoms with Gasteiger partial charge in [0.15, 0.2) is 11.6 Å². The van der Waals surface area contributed by atoms with Gasteiger partial charge in [-0.15, -0.1) is 0 Å². The van der Waals surface area contributed by atoms with E-state index in [0.717, 1.165) is 35.0 Å². The van der Waals surface area contributed by atoms with Gasteiger partial charge in [0.05, 0.1) is 0 Å². The number of nitrogen functional groups attached to an aromatic ring is 1. The highest BCUT2D eigenvalue weighted by Crippen LogP contribution is 2.56. The average Bonchev–Trinajstić information content (AvgIpc) is 2.59. The van der Waals surface area contributed by atoms with E-state index in [4.69, 9.17) is 5.73 Å². The fraction of sp³-hybridized carbons (Fsp3) is 0.550. The van der Waals surface area contributed by atoms with E-state index in [1.807, 2.05) is 25.3 Å². The number of rotatable bonds is 4. The summed E-state index contributed by atoms with van der Waals surface area (Å²) in [5, 5.41) is 6.97. The third kappa shape index (κ3) is 2.77. The summed E-state index contributed by atoms with van der Waals surface area (Å²) in [5.41, 5.74) is 8.29. The van der Waals surface area contributed by atoms with E-state index in [1.54, 1.807) is 6.33 Å². The minimum atomic E-state index is 0.177. The van der Waals surface area contributed by atoms with Gasteiger partial charge < -0.3 is 16.4 Å². The second-order valence-electron chi connectivity index (χ2n) is 8.65. The fourth-order valence-corrected chi connectivity index (χ4v) is 5.77. The van der Waals surface area contributed by atoms with Crippen LogP contribution in [-0.2, 0) is 0 Å². The summed E-state index contributed by atoms with van der Waals surface area (Å²) in [6, 6.07) is 3.95. The van der Waals surface area contributed by atoms with E-state index in [0.29, 0.717) is 11.5 Å². The molecule has 0 atom stereocenters. The molecule has 0 aliphatic heterocycles. The van der Waals surface area contributed by atoms with Gasteiger partial charge in [0.25, 0.3) is 0 Å². The van der Waals surface area contributed by atoms with E-state index in [-0.39, 0.29) is 5.54 Å². The standard InChI is InChI=1S/C20H26N6/c1-12-2-3-16(22-10-12)25-18-17(21)19(24-11-23-18)26-20-7-13-4-14(8-20)6-15(5-13)9-20/h2-3,10-11,13-15H,4-9,21H2,1H3,(H2,22,23,24,25,26). The molecule has 6 heteroatoms. The molecule has 0 radical (unpaired) electrons. The second-order valence-corrected chi connectivity index (χ2v) is 8.65. The number of aryl methyl sites for hydroxylation is 1. The van der Waals surface area contributed by atoms with Crippen molar-refractivity contribution in [3.63, 3.8) is 0 Å². The van der Waals surface area contributed by atoms with Crippen molar-refractivity contribution in [3.8, 4) is 0 Å². The Labute approximate surface area is 154 Å². The fourth-order valence-electron chi connectivity index (χ4n) is 5.77. The lowest BCUT2D eigenvalue weighted by Crippen LogP contribution is -2.55. The Bertz CT molecular complexity index is 780. The number of hydrogen-bond donors (Lipinski definition) is 3. The zero-order chi connectivity index (χ0) is 17.7. The highest BCUT2D eigenvalue weighted by Gasteiger charge is 2.51. The number of aromatic nitrogens is 3. The van der Waals surface area contributed by atoms with Crippen molar-refractivity contribution < 1.29 is 0 Å². The molecule has 0 saturated heterocycles. The monoisotopic (exact) mass is 350 g/mol. The van der Waals surface area contributed by atoms with Crippen LogP contribution in [0.2, 0.25) is 0 Å². The van der Waals surface area contributed by atoms with Crippen LogP contribution in [0.25, 0.3) is 0 Å². The molecule has 6 rings (SSSR count). The minimum absolute atomic E-state index is 0.177. The average molecular weight is 350 g/mol. The first-order valence-corrected chi connectivity index (χ1v) is 9.67. The third-order valence-corrected chi connectivity index (χ3v) is 6.46. The summed E-state index contributed by atoms with van der Waals surface area (Å²) >= 11 is 0. The maximum absolute atomic E-state index is 6.41. The SMILES string of the molecule is Cc1ccc(Nc2ncnc(NC34CC5CC(CC(C5)C3)C4)c2N)nc1. The van der Waals surface area contributed by atoms with Crippen LogP contribution in [0.4, 0.5) is 23.1 Å². The minimum Gasteiger partial charge on any atom is -0.393 e. The molecular weight excluding hydrogens is 324 g/mol. The first kappa shape index (κ1) is 15.9. The van der Waals surface area contributed by atoms with Crippen LogP contribution < -0.4 is 16.4 Å². The molecule has 4 fully saturated rings. The number of hydrogen-bond acceptors (Lipinski definition) is 6. The van der Waals surface area contributed by atoms with Crippen molar-refractivity contribution in [1.82, 2.24) is 15.0 Å². The molecule has 4 aliphatic carbocycles. The largest absolute Gasteiger partial charge is 0.393 e. The smallest absolute Gasteiger partial charge is 0.160 e. The summed E-state index contributed by atoms with van der Waals surface area (Å²) < 4.78 is 0. The van der Waals surface area contributed by atoms with Gasteiger partial charge in [-0.1, -0.05) is 6.07 Å². The van der Waals surface area contributed by atoms with E-state index < -0.39 is 0 Å². The van der Waals surface area contributed by atoms with E-state index in [1.165, 1.54) is 38.5 Å². The van der Waals surface area contributed by atoms with Crippen molar-refractivity contribution >= 4 is 23.1 Å². The molecular formula is C20H26N6. The molecule has 26 heavy (non-hydrogen) atoms. The molecule has 6 nitrogen and oxygen atoms in total. The number of nitrogens with one attached hydrogen (secondary N) is 2. The zero-order valence-electron chi connectivity index (χ0n) is 15.2. The van der Waals surface area contributed by atoms with E-state index >= 15 is 0 Å². The van der Waals surface area contributed by atoms with Crippen LogP contribution in [0.1, 0.15) is 44.1 Å². The number of nitrogens with zero attached hydrogens (tertiary/aromatic N) is 3. The van der Waals surface area contributed by atoms with E-state index in [9.17, 15) is 0 Å². The Balaban J connectivity index is 1.39. The number of anilines is 4. The molecule has 4 N–H and O–H groups in total. The Kier molecular flexibility index (Phi) is 3.55. The normalized spacial score (nSPS) is 31.8. The van der Waals surface area contributed by atoms with Gasteiger partial charge in [-0.05, 0) is 74.8 Å². The molecule has 4 saturated carbocycles. The lowest BCUT2D eigenvalue weighted by molar-refractivity contribution is 0.0106. The summed E-state index contributed by atoms with van der Waals surface area (Å²) in [5.74, 6) is 4.75. The highest BCUT2D eigenvalue weighted by atomic mass is 15.1. The van der Waals surface area contributed by atoms with Crippen LogP contribution in [-0.4, -0.2) is 20.5 Å². The molecule has 2 heterocycles. The molecule has 2 aromatic heterocycles. The predicted octanol–water partition coefficient (Wildman–Crippen LogP) is 3.89. The zero-order valence-corrected chi connectivity index (χ0v) is 15.2. The Morgan fingerprint density at radius 3 is 2.23 bits per heavy atom. The maximum atomic E-state index is 6.41. The van der Waals surface area contributed by atoms with Crippen LogP contribution in [0.3, 0.4) is 0 Å². The highest BCUT2D eigenvalue weighted by molar-refractivity contribution is 5.77. The molecule has 4 bridgehead atoms. The third-order valence-electron chi connectivity index (χ3n) is 6.46. The molecule has 2 aromatic rings. The first-order chi connectivity index (χ1) is 12.6. The lowest BCUT2D eigenvalue weighted by atomic mass is 9.53. The number of nitrogens with two attached hydrogens (primary N) is 1. The van der Waals surface area contributed by atoms with E-state index in [2.05, 4.69) is 25.6 Å². The Morgan fingerprint density at radius 2 is 1.62 bits per heavy atom. The van der Waals surface area contributed by atoms with Crippen molar-refractivity contribution in [2.75, 3.05) is 16.4 Å². The maximum Gasteiger partial charge on any atom is 0.160 e. The van der Waals surface area contributed by atoms with Gasteiger partial charge >= 0.3 is 0 Å². The molecule has 4 aliphatic rings. The molecule has 0 amide bonds. The Morgan fingerprint density at radius 1 is 0.962 bits per heavy atom. The lowest BCUT2D eigenvalue weighted by Gasteiger charge is -2.57. The summed E-state index contributed by atoms with van der Waals surface area (Å²) in [6.45, 7) is 2.02. The molecule has 136 valence electrons. The molecule has 0 aromatic carbocycles. The summed E-state index contributed by atoms with van der Waals surface area (Å²) in [4.78, 5) is 13.2. The van der Waals surface area contributed by atoms with Gasteiger partial charge in [-0.25, -0.2) is 15.0 Å². The summed E-state index contributed by atoms with van der Waals surface area (Å²) in [7, 11) is 0. The summed E-state index contributed by atoms with van der Waals surface area (Å²) in [6.07, 6.45) is 11.4. The topological polar surface area (TPSA) is 88.8 Å². The first-order valence-electron chi connectivity index (χ1n) is 9.67. The van der Waals surface area contributed by atoms with Crippen LogP contribution in [0.15, 0.2) is 24.7 Å². The van der Waals surface area contributed by atoms with Crippen LogP contribution >= 0.6 is 0 Å². The molecule has 0 spiro atoms. The predicted molar refractivity (Wildman–Crippen MR) is 103 cm³/mol. The van der Waals surface area contributed by atoms with Gasteiger partial charge in [0.1, 0.15) is 17.8 Å². The van der Waals surface area contributed by atoms with Gasteiger partial charge in [0.2, 0.25) is 0 Å². The molecule has 0 unspecified atom stereocenters. The quantitative estimate of drug-likeness (QED) is 0.775. The van der Waals surface area contributed by atoms with Crippen molar-refractivity contribution in [2.24, 2.45) is 17.8 Å².